The number of nitrogens with zero attached hydrogens (tertiary/aromatic N) is 4. The van der Waals surface area contributed by atoms with E-state index in [-0.39, 0.29) is 0 Å². The summed E-state index contributed by atoms with van der Waals surface area (Å²) in [7, 11) is 1.94. The van der Waals surface area contributed by atoms with E-state index in [4.69, 9.17) is 4.74 Å². The number of rotatable bonds is 8. The molecule has 3 heterocycles. The average molecular weight is 418 g/mol. The summed E-state index contributed by atoms with van der Waals surface area (Å²) in [6.07, 6.45) is 10.1. The summed E-state index contributed by atoms with van der Waals surface area (Å²) < 4.78 is 5.96. The molecular weight excluding hydrogens is 382 g/mol. The average Bonchev–Trinajstić information content (AvgIpc) is 3.21. The molecule has 1 aromatic rings. The fourth-order valence-corrected chi connectivity index (χ4v) is 4.65. The first kappa shape index (κ1) is 22.0. The molecule has 0 spiro atoms. The van der Waals surface area contributed by atoms with Gasteiger partial charge in [-0.2, -0.15) is 0 Å². The second kappa shape index (κ2) is 10.9. The Morgan fingerprint density at radius 3 is 2.76 bits per heavy atom. The topological polar surface area (TPSA) is 53.5 Å². The minimum absolute atomic E-state index is 0.361. The van der Waals surface area contributed by atoms with Gasteiger partial charge in [0.05, 0.1) is 6.61 Å². The third-order valence-electron chi connectivity index (χ3n) is 5.62. The Balaban J connectivity index is 1.66. The molecule has 3 rings (SSSR count). The Labute approximate surface area is 179 Å². The van der Waals surface area contributed by atoms with Gasteiger partial charge in [0, 0.05) is 38.8 Å². The standard InChI is InChI=1S/C22H35N5OS/c1-5-6-9-19(15-20-17(2)8-7-14-28-20)18(3)26-10-12-27(13-11-26)22-25-24-21(29-22)16-23-4/h6,9,15,18,23H,5,7-8,10-14,16H2,1-4H3/b9-6?,19-15+. The van der Waals surface area contributed by atoms with Crippen LogP contribution in [-0.2, 0) is 11.3 Å². The smallest absolute Gasteiger partial charge is 0.208 e. The highest BCUT2D eigenvalue weighted by molar-refractivity contribution is 7.15. The van der Waals surface area contributed by atoms with Crippen LogP contribution in [0.15, 0.2) is 35.1 Å². The molecule has 0 saturated carbocycles. The molecule has 160 valence electrons. The maximum Gasteiger partial charge on any atom is 0.208 e. The molecule has 1 atom stereocenters. The number of piperazine rings is 1. The summed E-state index contributed by atoms with van der Waals surface area (Å²) in [5.74, 6) is 1.07. The summed E-state index contributed by atoms with van der Waals surface area (Å²) in [6, 6.07) is 0.361. The molecule has 0 aliphatic carbocycles. The van der Waals surface area contributed by atoms with Gasteiger partial charge in [0.1, 0.15) is 10.8 Å². The number of aromatic nitrogens is 2. The highest BCUT2D eigenvalue weighted by Gasteiger charge is 2.25. The summed E-state index contributed by atoms with van der Waals surface area (Å²) in [4.78, 5) is 4.93. The van der Waals surface area contributed by atoms with Crippen LogP contribution in [0.4, 0.5) is 5.13 Å². The van der Waals surface area contributed by atoms with Gasteiger partial charge in [0.15, 0.2) is 0 Å². The van der Waals surface area contributed by atoms with Gasteiger partial charge in [0.25, 0.3) is 0 Å². The molecular formula is C22H35N5OS. The van der Waals surface area contributed by atoms with E-state index in [1.807, 2.05) is 7.05 Å². The minimum atomic E-state index is 0.361. The highest BCUT2D eigenvalue weighted by atomic mass is 32.1. The van der Waals surface area contributed by atoms with Gasteiger partial charge in [-0.25, -0.2) is 0 Å². The zero-order valence-electron chi connectivity index (χ0n) is 18.3. The lowest BCUT2D eigenvalue weighted by atomic mass is 10.0. The Bertz CT molecular complexity index is 746. The fraction of sp³-hybridized carbons (Fsp3) is 0.636. The van der Waals surface area contributed by atoms with Crippen molar-refractivity contribution in [3.05, 3.63) is 40.1 Å². The number of hydrogen-bond donors (Lipinski definition) is 1. The predicted molar refractivity (Wildman–Crippen MR) is 121 cm³/mol. The quantitative estimate of drug-likeness (QED) is 0.650. The molecule has 2 aliphatic heterocycles. The number of allylic oxidation sites excluding steroid dienone is 3. The Kier molecular flexibility index (Phi) is 8.27. The van der Waals surface area contributed by atoms with Gasteiger partial charge in [0.2, 0.25) is 5.13 Å². The molecule has 6 nitrogen and oxygen atoms in total. The lowest BCUT2D eigenvalue weighted by Crippen LogP contribution is -2.50. The van der Waals surface area contributed by atoms with Gasteiger partial charge in [-0.05, 0) is 57.4 Å². The highest BCUT2D eigenvalue weighted by Crippen LogP contribution is 2.25. The zero-order valence-corrected chi connectivity index (χ0v) is 19.1. The van der Waals surface area contributed by atoms with Gasteiger partial charge < -0.3 is 15.0 Å². The molecule has 2 aliphatic rings. The molecule has 1 N–H and O–H groups in total. The van der Waals surface area contributed by atoms with Crippen molar-refractivity contribution in [1.82, 2.24) is 20.4 Å². The molecule has 0 radical (unpaired) electrons. The van der Waals surface area contributed by atoms with E-state index in [1.54, 1.807) is 11.3 Å². The molecule has 0 bridgehead atoms. The molecule has 1 aromatic heterocycles. The molecule has 7 heteroatoms. The summed E-state index contributed by atoms with van der Waals surface area (Å²) >= 11 is 1.69. The van der Waals surface area contributed by atoms with Crippen molar-refractivity contribution in [2.75, 3.05) is 44.7 Å². The van der Waals surface area contributed by atoms with Crippen molar-refractivity contribution in [3.8, 4) is 0 Å². The minimum Gasteiger partial charge on any atom is -0.494 e. The van der Waals surface area contributed by atoms with E-state index < -0.39 is 0 Å². The fourth-order valence-electron chi connectivity index (χ4n) is 3.75. The van der Waals surface area contributed by atoms with Gasteiger partial charge in [-0.3, -0.25) is 4.90 Å². The summed E-state index contributed by atoms with van der Waals surface area (Å²) in [5.41, 5.74) is 2.70. The third-order valence-corrected chi connectivity index (χ3v) is 6.60. The Hall–Kier alpha value is -1.70. The Morgan fingerprint density at radius 2 is 2.07 bits per heavy atom. The molecule has 1 unspecified atom stereocenters. The van der Waals surface area contributed by atoms with E-state index in [9.17, 15) is 0 Å². The molecule has 29 heavy (non-hydrogen) atoms. The molecule has 1 saturated heterocycles. The largest absolute Gasteiger partial charge is 0.494 e. The van der Waals surface area contributed by atoms with Crippen LogP contribution in [0.3, 0.4) is 0 Å². The van der Waals surface area contributed by atoms with Crippen molar-refractivity contribution in [2.24, 2.45) is 0 Å². The predicted octanol–water partition coefficient (Wildman–Crippen LogP) is 3.75. The van der Waals surface area contributed by atoms with Crippen LogP contribution in [-0.4, -0.2) is 61.0 Å². The normalized spacial score (nSPS) is 20.4. The van der Waals surface area contributed by atoms with Crippen LogP contribution < -0.4 is 10.2 Å². The number of ether oxygens (including phenoxy) is 1. The van der Waals surface area contributed by atoms with Gasteiger partial charge >= 0.3 is 0 Å². The SMILES string of the molecule is CCC=C/C(=C\C1=C(C)CCCO1)C(C)N1CCN(c2nnc(CNC)s2)CC1. The van der Waals surface area contributed by atoms with Crippen LogP contribution in [0.2, 0.25) is 0 Å². The lowest BCUT2D eigenvalue weighted by Gasteiger charge is -2.38. The maximum atomic E-state index is 5.96. The summed E-state index contributed by atoms with van der Waals surface area (Å²) in [5, 5.41) is 13.9. The van der Waals surface area contributed by atoms with Crippen molar-refractivity contribution < 1.29 is 4.74 Å². The van der Waals surface area contributed by atoms with Crippen LogP contribution in [0.25, 0.3) is 0 Å². The maximum absolute atomic E-state index is 5.96. The van der Waals surface area contributed by atoms with Crippen molar-refractivity contribution in [3.63, 3.8) is 0 Å². The first-order valence-corrected chi connectivity index (χ1v) is 11.6. The first-order chi connectivity index (χ1) is 14.1. The molecule has 0 aromatic carbocycles. The van der Waals surface area contributed by atoms with E-state index in [1.165, 1.54) is 11.1 Å². The molecule has 1 fully saturated rings. The van der Waals surface area contributed by atoms with E-state index in [0.29, 0.717) is 6.04 Å². The molecule has 0 amide bonds. The number of anilines is 1. The van der Waals surface area contributed by atoms with Crippen molar-refractivity contribution in [2.45, 2.75) is 52.6 Å². The number of hydrogen-bond acceptors (Lipinski definition) is 7. The van der Waals surface area contributed by atoms with E-state index in [2.05, 4.69) is 64.3 Å². The third kappa shape index (κ3) is 5.90. The van der Waals surface area contributed by atoms with Crippen molar-refractivity contribution >= 4 is 16.5 Å². The summed E-state index contributed by atoms with van der Waals surface area (Å²) in [6.45, 7) is 12.3. The first-order valence-electron chi connectivity index (χ1n) is 10.8. The van der Waals surface area contributed by atoms with Crippen LogP contribution in [0, 0.1) is 0 Å². The Morgan fingerprint density at radius 1 is 1.28 bits per heavy atom. The second-order valence-electron chi connectivity index (χ2n) is 7.76. The zero-order chi connectivity index (χ0) is 20.6. The monoisotopic (exact) mass is 417 g/mol. The van der Waals surface area contributed by atoms with Crippen molar-refractivity contribution in [1.29, 1.82) is 0 Å². The second-order valence-corrected chi connectivity index (χ2v) is 8.80. The van der Waals surface area contributed by atoms with E-state index in [0.717, 1.165) is 74.5 Å². The lowest BCUT2D eigenvalue weighted by molar-refractivity contribution is 0.196. The van der Waals surface area contributed by atoms with Crippen LogP contribution >= 0.6 is 11.3 Å². The van der Waals surface area contributed by atoms with Crippen LogP contribution in [0.5, 0.6) is 0 Å². The van der Waals surface area contributed by atoms with Crippen LogP contribution in [0.1, 0.15) is 45.0 Å². The van der Waals surface area contributed by atoms with Gasteiger partial charge in [-0.1, -0.05) is 30.4 Å². The number of nitrogens with one attached hydrogen (secondary N) is 1. The van der Waals surface area contributed by atoms with E-state index >= 15 is 0 Å². The van der Waals surface area contributed by atoms with Gasteiger partial charge in [-0.15, -0.1) is 10.2 Å².